The molecule has 0 aromatic heterocycles. The number of hydrogen-bond donors (Lipinski definition) is 1. The van der Waals surface area contributed by atoms with Gasteiger partial charge in [-0.25, -0.2) is 4.79 Å². The lowest BCUT2D eigenvalue weighted by Crippen LogP contribution is -2.41. The Morgan fingerprint density at radius 1 is 0.964 bits per heavy atom. The number of hydroxylamine groups is 2. The normalized spacial score (nSPS) is 25.4. The van der Waals surface area contributed by atoms with E-state index in [1.54, 1.807) is 0 Å². The van der Waals surface area contributed by atoms with Gasteiger partial charge in [-0.15, -0.1) is 5.06 Å². The second-order valence-corrected chi connectivity index (χ2v) is 7.86. The lowest BCUT2D eigenvalue weighted by molar-refractivity contribution is -0.201. The number of nitrogens with one attached hydrogen (secondary N) is 1. The van der Waals surface area contributed by atoms with Gasteiger partial charge in [-0.2, -0.15) is 0 Å². The SMILES string of the molecule is O=C(NCCN1C(=O)CSC1=O)C1CCC(C(=O)ON2C(=O)CCC2=O)CC1. The maximum Gasteiger partial charge on any atom is 0.336 e. The van der Waals surface area contributed by atoms with E-state index in [2.05, 4.69) is 5.32 Å². The van der Waals surface area contributed by atoms with E-state index < -0.39 is 23.7 Å². The Morgan fingerprint density at radius 3 is 2.14 bits per heavy atom. The van der Waals surface area contributed by atoms with Crippen molar-refractivity contribution in [3.8, 4) is 0 Å². The molecule has 0 bridgehead atoms. The van der Waals surface area contributed by atoms with E-state index in [0.29, 0.717) is 30.7 Å². The molecule has 3 rings (SSSR count). The summed E-state index contributed by atoms with van der Waals surface area (Å²) in [5, 5.41) is 2.97. The molecule has 1 N–H and O–H groups in total. The Balaban J connectivity index is 1.38. The van der Waals surface area contributed by atoms with Gasteiger partial charge in [0.2, 0.25) is 11.8 Å². The minimum absolute atomic E-state index is 0.0480. The van der Waals surface area contributed by atoms with Gasteiger partial charge in [0.25, 0.3) is 17.1 Å². The molecule has 11 heteroatoms. The van der Waals surface area contributed by atoms with Crippen molar-refractivity contribution in [2.75, 3.05) is 18.8 Å². The third kappa shape index (κ3) is 4.51. The van der Waals surface area contributed by atoms with Crippen molar-refractivity contribution in [2.24, 2.45) is 11.8 Å². The first-order valence-corrected chi connectivity index (χ1v) is 10.2. The molecule has 0 aromatic rings. The third-order valence-corrected chi connectivity index (χ3v) is 5.95. The predicted octanol–water partition coefficient (Wildman–Crippen LogP) is 0.212. The van der Waals surface area contributed by atoms with Crippen LogP contribution in [0.5, 0.6) is 0 Å². The van der Waals surface area contributed by atoms with Crippen LogP contribution in [0.25, 0.3) is 0 Å². The fourth-order valence-corrected chi connectivity index (χ4v) is 4.20. The molecular formula is C17H21N3O7S. The van der Waals surface area contributed by atoms with Gasteiger partial charge in [0.05, 0.1) is 11.7 Å². The molecule has 0 spiro atoms. The van der Waals surface area contributed by atoms with Crippen LogP contribution in [0.4, 0.5) is 4.79 Å². The molecule has 5 amide bonds. The zero-order valence-corrected chi connectivity index (χ0v) is 16.0. The Kier molecular flexibility index (Phi) is 6.32. The number of hydrogen-bond acceptors (Lipinski definition) is 8. The van der Waals surface area contributed by atoms with E-state index in [1.165, 1.54) is 0 Å². The number of carbonyl (C=O) groups excluding carboxylic acids is 6. The lowest BCUT2D eigenvalue weighted by Gasteiger charge is -2.27. The van der Waals surface area contributed by atoms with Crippen LogP contribution in [0.1, 0.15) is 38.5 Å². The summed E-state index contributed by atoms with van der Waals surface area (Å²) < 4.78 is 0. The Hall–Kier alpha value is -2.43. The summed E-state index contributed by atoms with van der Waals surface area (Å²) in [7, 11) is 0. The summed E-state index contributed by atoms with van der Waals surface area (Å²) in [5.74, 6) is -2.66. The van der Waals surface area contributed by atoms with Crippen LogP contribution in [0.3, 0.4) is 0 Å². The largest absolute Gasteiger partial charge is 0.354 e. The number of thioether (sulfide) groups is 1. The summed E-state index contributed by atoms with van der Waals surface area (Å²) in [5.41, 5.74) is 0. The molecule has 1 aliphatic carbocycles. The van der Waals surface area contributed by atoms with Crippen LogP contribution < -0.4 is 5.32 Å². The summed E-state index contributed by atoms with van der Waals surface area (Å²) >= 11 is 0.950. The first-order valence-electron chi connectivity index (χ1n) is 9.19. The van der Waals surface area contributed by atoms with Crippen LogP contribution in [-0.4, -0.2) is 63.6 Å². The van der Waals surface area contributed by atoms with Crippen molar-refractivity contribution in [2.45, 2.75) is 38.5 Å². The molecule has 10 nitrogen and oxygen atoms in total. The molecule has 0 radical (unpaired) electrons. The topological polar surface area (TPSA) is 130 Å². The maximum atomic E-state index is 12.3. The van der Waals surface area contributed by atoms with Gasteiger partial charge in [-0.05, 0) is 25.7 Å². The van der Waals surface area contributed by atoms with Crippen molar-refractivity contribution < 1.29 is 33.6 Å². The third-order valence-electron chi connectivity index (χ3n) is 5.09. The van der Waals surface area contributed by atoms with Crippen molar-refractivity contribution in [1.29, 1.82) is 0 Å². The molecule has 3 aliphatic rings. The highest BCUT2D eigenvalue weighted by atomic mass is 32.2. The van der Waals surface area contributed by atoms with Crippen molar-refractivity contribution in [1.82, 2.24) is 15.3 Å². The van der Waals surface area contributed by atoms with E-state index in [1.807, 2.05) is 0 Å². The van der Waals surface area contributed by atoms with E-state index in [-0.39, 0.29) is 54.7 Å². The van der Waals surface area contributed by atoms with E-state index in [9.17, 15) is 28.8 Å². The minimum atomic E-state index is -0.619. The molecular weight excluding hydrogens is 390 g/mol. The standard InChI is InChI=1S/C17H21N3O7S/c21-12-5-6-13(22)20(12)27-16(25)11-3-1-10(2-4-11)15(24)18-7-8-19-14(23)9-28-17(19)26/h10-11H,1-9H2,(H,18,24). The zero-order chi connectivity index (χ0) is 20.3. The molecule has 1 saturated carbocycles. The van der Waals surface area contributed by atoms with Crippen LogP contribution in [-0.2, 0) is 28.8 Å². The Bertz CT molecular complexity index is 686. The van der Waals surface area contributed by atoms with Gasteiger partial charge in [0, 0.05) is 31.8 Å². The Morgan fingerprint density at radius 2 is 1.57 bits per heavy atom. The molecule has 2 heterocycles. The number of carbonyl (C=O) groups is 6. The molecule has 0 aromatic carbocycles. The smallest absolute Gasteiger partial charge is 0.336 e. The summed E-state index contributed by atoms with van der Waals surface area (Å²) in [4.78, 5) is 76.5. The van der Waals surface area contributed by atoms with Crippen LogP contribution in [0.2, 0.25) is 0 Å². The fraction of sp³-hybridized carbons (Fsp3) is 0.647. The van der Waals surface area contributed by atoms with Gasteiger partial charge in [-0.1, -0.05) is 11.8 Å². The molecule has 152 valence electrons. The van der Waals surface area contributed by atoms with E-state index in [4.69, 9.17) is 4.84 Å². The molecule has 3 fully saturated rings. The average Bonchev–Trinajstić information content (AvgIpc) is 3.18. The number of rotatable bonds is 6. The first-order chi connectivity index (χ1) is 13.4. The summed E-state index contributed by atoms with van der Waals surface area (Å²) in [6, 6.07) is 0. The molecule has 28 heavy (non-hydrogen) atoms. The zero-order valence-electron chi connectivity index (χ0n) is 15.2. The van der Waals surface area contributed by atoms with Gasteiger partial charge in [-0.3, -0.25) is 28.9 Å². The van der Waals surface area contributed by atoms with Gasteiger partial charge in [0.1, 0.15) is 0 Å². The highest BCUT2D eigenvalue weighted by Gasteiger charge is 2.37. The van der Waals surface area contributed by atoms with Crippen molar-refractivity contribution in [3.63, 3.8) is 0 Å². The second-order valence-electron chi connectivity index (χ2n) is 6.93. The monoisotopic (exact) mass is 411 g/mol. The van der Waals surface area contributed by atoms with Crippen LogP contribution in [0, 0.1) is 11.8 Å². The molecule has 0 atom stereocenters. The summed E-state index contributed by atoms with van der Waals surface area (Å²) in [6.07, 6.45) is 1.90. The minimum Gasteiger partial charge on any atom is -0.354 e. The lowest BCUT2D eigenvalue weighted by atomic mass is 9.81. The maximum absolute atomic E-state index is 12.3. The molecule has 2 aliphatic heterocycles. The van der Waals surface area contributed by atoms with Gasteiger partial charge < -0.3 is 10.2 Å². The summed E-state index contributed by atoms with van der Waals surface area (Å²) in [6.45, 7) is 0.341. The van der Waals surface area contributed by atoms with Gasteiger partial charge >= 0.3 is 5.97 Å². The highest BCUT2D eigenvalue weighted by Crippen LogP contribution is 2.30. The number of amides is 5. The van der Waals surface area contributed by atoms with Gasteiger partial charge in [0.15, 0.2) is 0 Å². The van der Waals surface area contributed by atoms with Crippen LogP contribution in [0.15, 0.2) is 0 Å². The fourth-order valence-electron chi connectivity index (χ4n) is 3.45. The Labute approximate surface area is 165 Å². The molecule has 0 unspecified atom stereocenters. The quantitative estimate of drug-likeness (QED) is 0.614. The first kappa shape index (κ1) is 20.3. The number of nitrogens with zero attached hydrogens (tertiary/aromatic N) is 2. The highest BCUT2D eigenvalue weighted by molar-refractivity contribution is 8.14. The van der Waals surface area contributed by atoms with E-state index in [0.717, 1.165) is 16.7 Å². The van der Waals surface area contributed by atoms with Crippen molar-refractivity contribution in [3.05, 3.63) is 0 Å². The van der Waals surface area contributed by atoms with Crippen molar-refractivity contribution >= 4 is 46.6 Å². The number of imide groups is 2. The van der Waals surface area contributed by atoms with E-state index >= 15 is 0 Å². The average molecular weight is 411 g/mol. The second kappa shape index (κ2) is 8.72. The predicted molar refractivity (Wildman–Crippen MR) is 95.2 cm³/mol. The molecule has 2 saturated heterocycles. The van der Waals surface area contributed by atoms with Crippen LogP contribution >= 0.6 is 11.8 Å².